The van der Waals surface area contributed by atoms with E-state index in [0.29, 0.717) is 30.2 Å². The molecule has 0 saturated carbocycles. The molecule has 0 radical (unpaired) electrons. The van der Waals surface area contributed by atoms with Gasteiger partial charge in [-0.2, -0.15) is 0 Å². The normalized spacial score (nSPS) is 15.5. The van der Waals surface area contributed by atoms with E-state index in [1.807, 2.05) is 48.5 Å². The molecule has 1 fully saturated rings. The Morgan fingerprint density at radius 3 is 2.53 bits per heavy atom. The largest absolute Gasteiger partial charge is 0.497 e. The number of benzene rings is 2. The van der Waals surface area contributed by atoms with Crippen LogP contribution < -0.4 is 10.1 Å². The number of rotatable bonds is 6. The second-order valence-corrected chi connectivity index (χ2v) is 7.59. The van der Waals surface area contributed by atoms with Crippen LogP contribution in [-0.2, 0) is 4.74 Å². The maximum Gasteiger partial charge on any atom is 0.291 e. The summed E-state index contributed by atoms with van der Waals surface area (Å²) in [6.45, 7) is 2.78. The van der Waals surface area contributed by atoms with Crippen LogP contribution in [0, 0.1) is 0 Å². The van der Waals surface area contributed by atoms with Crippen LogP contribution in [0.5, 0.6) is 5.75 Å². The molecule has 1 aliphatic rings. The number of ether oxygens (including phenoxy) is 2. The average Bonchev–Trinajstić information content (AvgIpc) is 3.50. The predicted octanol–water partition coefficient (Wildman–Crippen LogP) is 4.71. The zero-order valence-corrected chi connectivity index (χ0v) is 17.7. The molecule has 32 heavy (non-hydrogen) atoms. The Bertz CT molecular complexity index is 1190. The van der Waals surface area contributed by atoms with Gasteiger partial charge in [-0.1, -0.05) is 24.3 Å². The van der Waals surface area contributed by atoms with E-state index in [1.54, 1.807) is 19.2 Å². The van der Waals surface area contributed by atoms with Crippen molar-refractivity contribution in [3.63, 3.8) is 0 Å². The Balaban J connectivity index is 1.63. The van der Waals surface area contributed by atoms with Gasteiger partial charge in [-0.15, -0.1) is 0 Å². The summed E-state index contributed by atoms with van der Waals surface area (Å²) in [7, 11) is 1.65. The number of amides is 1. The first-order valence-corrected chi connectivity index (χ1v) is 10.6. The number of morpholine rings is 1. The molecular formula is C25H24N2O5. The number of furan rings is 2. The number of para-hydroxylation sites is 1. The van der Waals surface area contributed by atoms with Gasteiger partial charge in [-0.3, -0.25) is 9.69 Å². The first-order chi connectivity index (χ1) is 15.7. The zero-order valence-electron chi connectivity index (χ0n) is 17.7. The fourth-order valence-electron chi connectivity index (χ4n) is 4.12. The number of nitrogens with one attached hydrogen (secondary N) is 1. The topological polar surface area (TPSA) is 77.1 Å². The second-order valence-electron chi connectivity index (χ2n) is 7.59. The van der Waals surface area contributed by atoms with Crippen molar-refractivity contribution in [2.45, 2.75) is 6.04 Å². The zero-order chi connectivity index (χ0) is 21.9. The number of carbonyl (C=O) groups excluding carboxylic acids is 1. The molecule has 0 spiro atoms. The van der Waals surface area contributed by atoms with Crippen LogP contribution in [0.25, 0.3) is 11.0 Å². The number of fused-ring (bicyclic) bond motifs is 1. The van der Waals surface area contributed by atoms with E-state index in [1.165, 1.54) is 6.26 Å². The molecule has 4 aromatic rings. The van der Waals surface area contributed by atoms with Crippen molar-refractivity contribution in [3.05, 3.63) is 84.0 Å². The molecule has 1 aliphatic heterocycles. The van der Waals surface area contributed by atoms with E-state index in [9.17, 15) is 4.79 Å². The summed E-state index contributed by atoms with van der Waals surface area (Å²) >= 11 is 0. The molecule has 2 aromatic heterocycles. The third-order valence-electron chi connectivity index (χ3n) is 5.70. The van der Waals surface area contributed by atoms with Gasteiger partial charge in [0, 0.05) is 18.5 Å². The minimum atomic E-state index is -0.321. The van der Waals surface area contributed by atoms with Crippen LogP contribution >= 0.6 is 0 Å². The number of anilines is 1. The van der Waals surface area contributed by atoms with Crippen molar-refractivity contribution in [1.29, 1.82) is 0 Å². The first-order valence-electron chi connectivity index (χ1n) is 10.6. The number of hydrogen-bond donors (Lipinski definition) is 1. The van der Waals surface area contributed by atoms with Gasteiger partial charge in [0.25, 0.3) is 5.91 Å². The SMILES string of the molecule is COc1ccc([C@@H](c2oc3ccccc3c2NC(=O)c2ccco2)N2CCOCC2)cc1. The van der Waals surface area contributed by atoms with Crippen LogP contribution in [0.2, 0.25) is 0 Å². The van der Waals surface area contributed by atoms with Crippen molar-refractivity contribution < 1.29 is 23.1 Å². The molecule has 3 heterocycles. The Kier molecular flexibility index (Phi) is 5.66. The van der Waals surface area contributed by atoms with Gasteiger partial charge >= 0.3 is 0 Å². The van der Waals surface area contributed by atoms with Crippen LogP contribution in [0.4, 0.5) is 5.69 Å². The quantitative estimate of drug-likeness (QED) is 0.476. The van der Waals surface area contributed by atoms with Crippen molar-refractivity contribution in [2.75, 3.05) is 38.7 Å². The van der Waals surface area contributed by atoms with Gasteiger partial charge in [0.05, 0.1) is 38.3 Å². The first kappa shape index (κ1) is 20.4. The predicted molar refractivity (Wildman–Crippen MR) is 120 cm³/mol. The Hall–Kier alpha value is -3.55. The lowest BCUT2D eigenvalue weighted by Gasteiger charge is -2.34. The van der Waals surface area contributed by atoms with E-state index in [2.05, 4.69) is 10.2 Å². The van der Waals surface area contributed by atoms with Crippen molar-refractivity contribution >= 4 is 22.6 Å². The van der Waals surface area contributed by atoms with Crippen LogP contribution in [-0.4, -0.2) is 44.2 Å². The summed E-state index contributed by atoms with van der Waals surface area (Å²) in [5, 5.41) is 3.88. The third-order valence-corrected chi connectivity index (χ3v) is 5.70. The molecule has 1 N–H and O–H groups in total. The lowest BCUT2D eigenvalue weighted by Crippen LogP contribution is -2.39. The summed E-state index contributed by atoms with van der Waals surface area (Å²) in [5.74, 6) is 1.38. The minimum absolute atomic E-state index is 0.205. The molecule has 5 rings (SSSR count). The molecule has 0 unspecified atom stereocenters. The maximum atomic E-state index is 12.9. The van der Waals surface area contributed by atoms with Gasteiger partial charge in [0.2, 0.25) is 0 Å². The van der Waals surface area contributed by atoms with Crippen LogP contribution in [0.1, 0.15) is 27.9 Å². The molecule has 1 saturated heterocycles. The van der Waals surface area contributed by atoms with E-state index in [4.69, 9.17) is 18.3 Å². The van der Waals surface area contributed by atoms with Gasteiger partial charge in [0.15, 0.2) is 5.76 Å². The highest BCUT2D eigenvalue weighted by Crippen LogP contribution is 2.41. The fraction of sp³-hybridized carbons (Fsp3) is 0.240. The van der Waals surface area contributed by atoms with E-state index < -0.39 is 0 Å². The highest BCUT2D eigenvalue weighted by molar-refractivity contribution is 6.08. The molecule has 1 amide bonds. The number of carbonyl (C=O) groups is 1. The van der Waals surface area contributed by atoms with Gasteiger partial charge in [0.1, 0.15) is 17.1 Å². The number of methoxy groups -OCH3 is 1. The molecule has 7 nitrogen and oxygen atoms in total. The molecule has 164 valence electrons. The molecule has 0 aliphatic carbocycles. The smallest absolute Gasteiger partial charge is 0.291 e. The summed E-state index contributed by atoms with van der Waals surface area (Å²) in [6.07, 6.45) is 1.48. The summed E-state index contributed by atoms with van der Waals surface area (Å²) in [4.78, 5) is 15.2. The van der Waals surface area contributed by atoms with Gasteiger partial charge in [-0.25, -0.2) is 0 Å². The molecule has 0 bridgehead atoms. The summed E-state index contributed by atoms with van der Waals surface area (Å²) in [6, 6.07) is 18.8. The molecular weight excluding hydrogens is 408 g/mol. The van der Waals surface area contributed by atoms with Crippen LogP contribution in [0.15, 0.2) is 75.8 Å². The van der Waals surface area contributed by atoms with E-state index >= 15 is 0 Å². The van der Waals surface area contributed by atoms with E-state index in [0.717, 1.165) is 29.8 Å². The average molecular weight is 432 g/mol. The minimum Gasteiger partial charge on any atom is -0.497 e. The Morgan fingerprint density at radius 2 is 1.81 bits per heavy atom. The van der Waals surface area contributed by atoms with Crippen LogP contribution in [0.3, 0.4) is 0 Å². The van der Waals surface area contributed by atoms with Gasteiger partial charge in [-0.05, 0) is 42.0 Å². The van der Waals surface area contributed by atoms with Gasteiger partial charge < -0.3 is 23.6 Å². The van der Waals surface area contributed by atoms with E-state index in [-0.39, 0.29) is 17.7 Å². The Labute approximate surface area is 185 Å². The molecule has 7 heteroatoms. The van der Waals surface area contributed by atoms with Crippen molar-refractivity contribution in [2.24, 2.45) is 0 Å². The fourth-order valence-corrected chi connectivity index (χ4v) is 4.12. The summed E-state index contributed by atoms with van der Waals surface area (Å²) in [5.41, 5.74) is 2.40. The number of nitrogens with zero attached hydrogens (tertiary/aromatic N) is 1. The van der Waals surface area contributed by atoms with Crippen molar-refractivity contribution in [1.82, 2.24) is 4.90 Å². The highest BCUT2D eigenvalue weighted by Gasteiger charge is 2.31. The Morgan fingerprint density at radius 1 is 1.03 bits per heavy atom. The maximum absolute atomic E-state index is 12.9. The third kappa shape index (κ3) is 3.88. The number of hydrogen-bond acceptors (Lipinski definition) is 6. The molecule has 2 aromatic carbocycles. The monoisotopic (exact) mass is 432 g/mol. The highest BCUT2D eigenvalue weighted by atomic mass is 16.5. The lowest BCUT2D eigenvalue weighted by molar-refractivity contribution is 0.0206. The standard InChI is InChI=1S/C25H24N2O5/c1-29-18-10-8-17(9-11-18)23(27-12-15-30-16-13-27)24-22(19-5-2-3-6-20(19)32-24)26-25(28)21-7-4-14-31-21/h2-11,14,23H,12-13,15-16H2,1H3,(H,26,28)/t23-/m0/s1. The van der Waals surface area contributed by atoms with Crippen molar-refractivity contribution in [3.8, 4) is 5.75 Å². The lowest BCUT2D eigenvalue weighted by atomic mass is 10.00. The molecule has 1 atom stereocenters. The second kappa shape index (κ2) is 8.90. The summed E-state index contributed by atoms with van der Waals surface area (Å²) < 4.78 is 22.6.